The van der Waals surface area contributed by atoms with Gasteiger partial charge < -0.3 is 10.2 Å². The summed E-state index contributed by atoms with van der Waals surface area (Å²) in [6, 6.07) is 4.32. The number of hydrogen-bond donors (Lipinski definition) is 2. The van der Waals surface area contributed by atoms with E-state index >= 15 is 0 Å². The smallest absolute Gasteiger partial charge is 0.339 e. The molecule has 1 rings (SSSR count). The zero-order chi connectivity index (χ0) is 11.6. The van der Waals surface area contributed by atoms with Gasteiger partial charge in [0.15, 0.2) is 0 Å². The maximum atomic E-state index is 13.3. The maximum absolute atomic E-state index is 13.3. The zero-order valence-corrected chi connectivity index (χ0v) is 8.08. The van der Waals surface area contributed by atoms with Crippen molar-refractivity contribution in [3.8, 4) is 0 Å². The Balaban J connectivity index is 3.05. The average molecular weight is 237 g/mol. The predicted molar refractivity (Wildman–Crippen MR) is 49.0 cm³/mol. The van der Waals surface area contributed by atoms with Crippen LogP contribution < -0.4 is 0 Å². The lowest BCUT2D eigenvalue weighted by atomic mass is 10.0. The lowest BCUT2D eigenvalue weighted by Crippen LogP contribution is -2.37. The molecule has 0 aliphatic heterocycles. The van der Waals surface area contributed by atoms with E-state index in [0.29, 0.717) is 0 Å². The summed E-state index contributed by atoms with van der Waals surface area (Å²) in [6.07, 6.45) is -2.77. The molecule has 0 bridgehead atoms. The molecule has 0 amide bonds. The summed E-state index contributed by atoms with van der Waals surface area (Å²) < 4.78 is 26.5. The second kappa shape index (κ2) is 4.12. The fraction of sp³-hybridized carbons (Fsp3) is 0.222. The summed E-state index contributed by atoms with van der Waals surface area (Å²) in [5.41, 5.74) is -0.596. The Kier molecular flexibility index (Phi) is 3.26. The Morgan fingerprint density at radius 1 is 1.33 bits per heavy atom. The van der Waals surface area contributed by atoms with Crippen LogP contribution in [-0.2, 0) is 10.7 Å². The van der Waals surface area contributed by atoms with Crippen LogP contribution >= 0.6 is 11.6 Å². The molecule has 0 aliphatic rings. The Labute approximate surface area is 88.9 Å². The molecule has 0 unspecified atom stereocenters. The quantitative estimate of drug-likeness (QED) is 0.843. The van der Waals surface area contributed by atoms with Crippen molar-refractivity contribution in [1.82, 2.24) is 0 Å². The summed E-state index contributed by atoms with van der Waals surface area (Å²) in [6.45, 7) is 0. The van der Waals surface area contributed by atoms with Crippen molar-refractivity contribution in [1.29, 1.82) is 0 Å². The Hall–Kier alpha value is -1.20. The topological polar surface area (TPSA) is 57.5 Å². The van der Waals surface area contributed by atoms with Crippen LogP contribution in [0.4, 0.5) is 8.78 Å². The highest BCUT2D eigenvalue weighted by Gasteiger charge is 2.45. The van der Waals surface area contributed by atoms with Crippen molar-refractivity contribution in [2.24, 2.45) is 0 Å². The molecule has 1 atom stereocenters. The van der Waals surface area contributed by atoms with E-state index in [1.165, 1.54) is 12.1 Å². The monoisotopic (exact) mass is 236 g/mol. The van der Waals surface area contributed by atoms with Gasteiger partial charge in [-0.1, -0.05) is 23.7 Å². The number of hydrogen-bond acceptors (Lipinski definition) is 2. The molecule has 6 heteroatoms. The molecule has 3 nitrogen and oxygen atoms in total. The van der Waals surface area contributed by atoms with E-state index in [1.54, 1.807) is 0 Å². The number of alkyl halides is 2. The van der Waals surface area contributed by atoms with E-state index in [9.17, 15) is 13.6 Å². The predicted octanol–water partition coefficient (Wildman–Crippen LogP) is 1.88. The molecular formula is C9H7ClF2O3. The number of halogens is 3. The number of aliphatic hydroxyl groups is 1. The fourth-order valence-corrected chi connectivity index (χ4v) is 1.11. The molecule has 0 saturated heterocycles. The minimum Gasteiger partial charge on any atom is -0.479 e. The van der Waals surface area contributed by atoms with Crippen LogP contribution in [0.15, 0.2) is 24.3 Å². The van der Waals surface area contributed by atoms with Crippen LogP contribution in [0, 0.1) is 0 Å². The third-order valence-corrected chi connectivity index (χ3v) is 2.06. The number of carboxylic acid groups (broad SMARTS) is 1. The van der Waals surface area contributed by atoms with Crippen LogP contribution in [-0.4, -0.2) is 22.3 Å². The molecule has 2 N–H and O–H groups in total. The van der Waals surface area contributed by atoms with Crippen molar-refractivity contribution in [3.05, 3.63) is 34.9 Å². The number of aliphatic hydroxyl groups excluding tert-OH is 1. The van der Waals surface area contributed by atoms with Crippen LogP contribution in [0.1, 0.15) is 5.56 Å². The van der Waals surface area contributed by atoms with Gasteiger partial charge in [-0.25, -0.2) is 4.79 Å². The minimum absolute atomic E-state index is 0.249. The van der Waals surface area contributed by atoms with Gasteiger partial charge in [0, 0.05) is 10.6 Å². The third kappa shape index (κ3) is 2.43. The van der Waals surface area contributed by atoms with E-state index in [0.717, 1.165) is 12.1 Å². The summed E-state index contributed by atoms with van der Waals surface area (Å²) in [4.78, 5) is 10.2. The van der Waals surface area contributed by atoms with Gasteiger partial charge in [-0.15, -0.1) is 0 Å². The maximum Gasteiger partial charge on any atom is 0.339 e. The molecule has 0 fully saturated rings. The number of aliphatic carboxylic acids is 1. The van der Waals surface area contributed by atoms with E-state index in [1.807, 2.05) is 0 Å². The standard InChI is InChI=1S/C9H7ClF2O3/c10-6-3-1-5(2-4-6)9(11,12)7(13)8(14)15/h1-4,7,13H,(H,14,15)/t7-/m1/s1. The molecule has 0 radical (unpaired) electrons. The Morgan fingerprint density at radius 2 is 1.80 bits per heavy atom. The zero-order valence-electron chi connectivity index (χ0n) is 7.32. The first-order valence-electron chi connectivity index (χ1n) is 3.90. The molecule has 0 spiro atoms. The van der Waals surface area contributed by atoms with Crippen molar-refractivity contribution < 1.29 is 23.8 Å². The molecule has 82 valence electrons. The molecule has 0 heterocycles. The lowest BCUT2D eigenvalue weighted by Gasteiger charge is -2.19. The summed E-state index contributed by atoms with van der Waals surface area (Å²) in [7, 11) is 0. The van der Waals surface area contributed by atoms with Gasteiger partial charge in [-0.3, -0.25) is 0 Å². The second-order valence-electron chi connectivity index (χ2n) is 2.87. The number of carboxylic acids is 1. The second-order valence-corrected chi connectivity index (χ2v) is 3.31. The van der Waals surface area contributed by atoms with Crippen LogP contribution in [0.3, 0.4) is 0 Å². The van der Waals surface area contributed by atoms with Crippen LogP contribution in [0.5, 0.6) is 0 Å². The third-order valence-electron chi connectivity index (χ3n) is 1.81. The first kappa shape index (κ1) is 11.9. The van der Waals surface area contributed by atoms with E-state index in [4.69, 9.17) is 21.8 Å². The largest absolute Gasteiger partial charge is 0.479 e. The molecule has 0 aliphatic carbocycles. The van der Waals surface area contributed by atoms with Gasteiger partial charge in [0.25, 0.3) is 0 Å². The average Bonchev–Trinajstić information content (AvgIpc) is 2.17. The van der Waals surface area contributed by atoms with Crippen LogP contribution in [0.2, 0.25) is 5.02 Å². The van der Waals surface area contributed by atoms with Crippen LogP contribution in [0.25, 0.3) is 0 Å². The summed E-state index contributed by atoms with van der Waals surface area (Å²) in [5.74, 6) is -5.81. The van der Waals surface area contributed by atoms with Gasteiger partial charge in [0.1, 0.15) is 0 Å². The number of benzene rings is 1. The normalized spacial score (nSPS) is 13.6. The van der Waals surface area contributed by atoms with Crippen molar-refractivity contribution in [2.75, 3.05) is 0 Å². The van der Waals surface area contributed by atoms with Gasteiger partial charge in [0.05, 0.1) is 0 Å². The van der Waals surface area contributed by atoms with Gasteiger partial charge >= 0.3 is 11.9 Å². The van der Waals surface area contributed by atoms with Gasteiger partial charge in [-0.2, -0.15) is 8.78 Å². The first-order valence-corrected chi connectivity index (χ1v) is 4.28. The van der Waals surface area contributed by atoms with E-state index < -0.39 is 23.6 Å². The Bertz CT molecular complexity index is 364. The molecule has 0 aromatic heterocycles. The molecule has 1 aromatic rings. The molecular weight excluding hydrogens is 230 g/mol. The molecule has 0 saturated carbocycles. The molecule has 15 heavy (non-hydrogen) atoms. The summed E-state index contributed by atoms with van der Waals surface area (Å²) >= 11 is 5.48. The number of rotatable bonds is 3. The lowest BCUT2D eigenvalue weighted by molar-refractivity contribution is -0.173. The van der Waals surface area contributed by atoms with Gasteiger partial charge in [-0.05, 0) is 12.1 Å². The van der Waals surface area contributed by atoms with Gasteiger partial charge in [0.2, 0.25) is 6.10 Å². The van der Waals surface area contributed by atoms with Crippen molar-refractivity contribution in [3.63, 3.8) is 0 Å². The highest BCUT2D eigenvalue weighted by Crippen LogP contribution is 2.32. The SMILES string of the molecule is O=C(O)[C@@H](O)C(F)(F)c1ccc(Cl)cc1. The highest BCUT2D eigenvalue weighted by molar-refractivity contribution is 6.30. The minimum atomic E-state index is -3.84. The van der Waals surface area contributed by atoms with E-state index in [-0.39, 0.29) is 5.02 Å². The van der Waals surface area contributed by atoms with Crippen molar-refractivity contribution in [2.45, 2.75) is 12.0 Å². The van der Waals surface area contributed by atoms with E-state index in [2.05, 4.69) is 0 Å². The first-order chi connectivity index (χ1) is 6.85. The van der Waals surface area contributed by atoms with Crippen molar-refractivity contribution >= 4 is 17.6 Å². The highest BCUT2D eigenvalue weighted by atomic mass is 35.5. The summed E-state index contributed by atoms with van der Waals surface area (Å²) in [5, 5.41) is 17.3. The fourth-order valence-electron chi connectivity index (χ4n) is 0.985. The number of carbonyl (C=O) groups is 1. The Morgan fingerprint density at radius 3 is 2.20 bits per heavy atom. The molecule has 1 aromatic carbocycles.